The number of hydrogen-bond acceptors (Lipinski definition) is 4. The van der Waals surface area contributed by atoms with Gasteiger partial charge >= 0.3 is 0 Å². The summed E-state index contributed by atoms with van der Waals surface area (Å²) in [6, 6.07) is 4.08. The maximum Gasteiger partial charge on any atom is 0.252 e. The molecule has 120 valence electrons. The van der Waals surface area contributed by atoms with Crippen LogP contribution < -0.4 is 5.32 Å². The standard InChI is InChI=1S/C15H26N2O2S2/c1-4-9-17(11-13-5-6-13)21(18,19)15-8-7-14(20-15)10-16-12(2)3/h7-8,12-13,16H,4-6,9-11H2,1-3H3. The van der Waals surface area contributed by atoms with Crippen LogP contribution in [0.4, 0.5) is 0 Å². The third-order valence-electron chi connectivity index (χ3n) is 3.55. The Morgan fingerprint density at radius 1 is 1.38 bits per heavy atom. The third kappa shape index (κ3) is 4.77. The molecule has 0 aliphatic heterocycles. The quantitative estimate of drug-likeness (QED) is 0.757. The van der Waals surface area contributed by atoms with Crippen LogP contribution in [0, 0.1) is 5.92 Å². The van der Waals surface area contributed by atoms with Gasteiger partial charge in [0, 0.05) is 30.6 Å². The highest BCUT2D eigenvalue weighted by Gasteiger charge is 2.31. The molecule has 0 atom stereocenters. The maximum absolute atomic E-state index is 12.8. The van der Waals surface area contributed by atoms with E-state index in [4.69, 9.17) is 0 Å². The van der Waals surface area contributed by atoms with Crippen molar-refractivity contribution in [1.82, 2.24) is 9.62 Å². The zero-order chi connectivity index (χ0) is 15.5. The number of thiophene rings is 1. The van der Waals surface area contributed by atoms with Crippen LogP contribution in [0.5, 0.6) is 0 Å². The van der Waals surface area contributed by atoms with Crippen LogP contribution in [-0.4, -0.2) is 31.9 Å². The summed E-state index contributed by atoms with van der Waals surface area (Å²) in [6.07, 6.45) is 3.20. The van der Waals surface area contributed by atoms with Crippen molar-refractivity contribution in [3.05, 3.63) is 17.0 Å². The molecule has 1 aromatic rings. The summed E-state index contributed by atoms with van der Waals surface area (Å²) in [4.78, 5) is 1.07. The van der Waals surface area contributed by atoms with Gasteiger partial charge in [0.15, 0.2) is 0 Å². The summed E-state index contributed by atoms with van der Waals surface area (Å²) in [7, 11) is -3.31. The largest absolute Gasteiger partial charge is 0.310 e. The minimum absolute atomic E-state index is 0.401. The molecular formula is C15H26N2O2S2. The molecule has 0 radical (unpaired) electrons. The normalized spacial score (nSPS) is 16.0. The van der Waals surface area contributed by atoms with Crippen LogP contribution >= 0.6 is 11.3 Å². The van der Waals surface area contributed by atoms with Crippen LogP contribution in [0.2, 0.25) is 0 Å². The Hall–Kier alpha value is -0.430. The summed E-state index contributed by atoms with van der Waals surface area (Å²) in [6.45, 7) is 8.24. The van der Waals surface area contributed by atoms with Gasteiger partial charge in [-0.05, 0) is 37.3 Å². The van der Waals surface area contributed by atoms with Gasteiger partial charge in [0.25, 0.3) is 10.0 Å². The van der Waals surface area contributed by atoms with Crippen LogP contribution in [0.3, 0.4) is 0 Å². The van der Waals surface area contributed by atoms with Crippen molar-refractivity contribution >= 4 is 21.4 Å². The number of rotatable bonds is 9. The molecule has 0 bridgehead atoms. The zero-order valence-electron chi connectivity index (χ0n) is 13.1. The predicted molar refractivity (Wildman–Crippen MR) is 88.1 cm³/mol. The average Bonchev–Trinajstić information content (AvgIpc) is 3.10. The van der Waals surface area contributed by atoms with Crippen LogP contribution in [0.1, 0.15) is 44.9 Å². The molecule has 0 aromatic carbocycles. The van der Waals surface area contributed by atoms with Crippen molar-refractivity contribution in [3.8, 4) is 0 Å². The lowest BCUT2D eigenvalue weighted by atomic mass is 10.4. The maximum atomic E-state index is 12.8. The first-order valence-electron chi connectivity index (χ1n) is 7.75. The Kier molecular flexibility index (Phi) is 5.82. The SMILES string of the molecule is CCCN(CC1CC1)S(=O)(=O)c1ccc(CNC(C)C)s1. The Balaban J connectivity index is 2.09. The van der Waals surface area contributed by atoms with E-state index in [2.05, 4.69) is 19.2 Å². The Bertz CT molecular complexity index is 548. The summed E-state index contributed by atoms with van der Waals surface area (Å²) in [5.74, 6) is 0.577. The molecule has 2 rings (SSSR count). The first-order chi connectivity index (χ1) is 9.93. The highest BCUT2D eigenvalue weighted by molar-refractivity contribution is 7.91. The van der Waals surface area contributed by atoms with Gasteiger partial charge in [0.05, 0.1) is 0 Å². The van der Waals surface area contributed by atoms with E-state index in [9.17, 15) is 8.42 Å². The molecular weight excluding hydrogens is 304 g/mol. The number of nitrogens with one attached hydrogen (secondary N) is 1. The Morgan fingerprint density at radius 2 is 2.10 bits per heavy atom. The van der Waals surface area contributed by atoms with Crippen molar-refractivity contribution in [2.45, 2.75) is 56.8 Å². The molecule has 21 heavy (non-hydrogen) atoms. The minimum atomic E-state index is -3.31. The zero-order valence-corrected chi connectivity index (χ0v) is 14.8. The van der Waals surface area contributed by atoms with Crippen molar-refractivity contribution in [2.75, 3.05) is 13.1 Å². The monoisotopic (exact) mass is 330 g/mol. The van der Waals surface area contributed by atoms with Crippen molar-refractivity contribution < 1.29 is 8.42 Å². The van der Waals surface area contributed by atoms with E-state index in [0.29, 0.717) is 29.3 Å². The van der Waals surface area contributed by atoms with Gasteiger partial charge in [-0.15, -0.1) is 11.3 Å². The molecule has 1 saturated carbocycles. The van der Waals surface area contributed by atoms with Gasteiger partial charge in [-0.3, -0.25) is 0 Å². The second kappa shape index (κ2) is 7.22. The lowest BCUT2D eigenvalue weighted by molar-refractivity contribution is 0.397. The Morgan fingerprint density at radius 3 is 2.67 bits per heavy atom. The second-order valence-corrected chi connectivity index (χ2v) is 9.40. The second-order valence-electron chi connectivity index (χ2n) is 6.06. The predicted octanol–water partition coefficient (Wildman–Crippen LogP) is 3.06. The fourth-order valence-corrected chi connectivity index (χ4v) is 5.24. The van der Waals surface area contributed by atoms with E-state index >= 15 is 0 Å². The molecule has 1 heterocycles. The fourth-order valence-electron chi connectivity index (χ4n) is 2.17. The summed E-state index contributed by atoms with van der Waals surface area (Å²) in [5, 5.41) is 3.33. The van der Waals surface area contributed by atoms with Crippen molar-refractivity contribution in [2.24, 2.45) is 5.92 Å². The van der Waals surface area contributed by atoms with Gasteiger partial charge in [0.2, 0.25) is 0 Å². The van der Waals surface area contributed by atoms with Gasteiger partial charge < -0.3 is 5.32 Å². The third-order valence-corrected chi connectivity index (χ3v) is 6.97. The van der Waals surface area contributed by atoms with Gasteiger partial charge in [0.1, 0.15) is 4.21 Å². The lowest BCUT2D eigenvalue weighted by Gasteiger charge is -2.20. The molecule has 6 heteroatoms. The van der Waals surface area contributed by atoms with E-state index in [-0.39, 0.29) is 0 Å². The smallest absolute Gasteiger partial charge is 0.252 e. The molecule has 0 spiro atoms. The highest BCUT2D eigenvalue weighted by Crippen LogP contribution is 2.33. The van der Waals surface area contributed by atoms with E-state index in [1.807, 2.05) is 13.0 Å². The van der Waals surface area contributed by atoms with Gasteiger partial charge in [-0.25, -0.2) is 8.42 Å². The van der Waals surface area contributed by atoms with Crippen molar-refractivity contribution in [3.63, 3.8) is 0 Å². The summed E-state index contributed by atoms with van der Waals surface area (Å²) >= 11 is 1.39. The molecule has 1 aliphatic rings. The molecule has 0 saturated heterocycles. The molecule has 1 N–H and O–H groups in total. The topological polar surface area (TPSA) is 49.4 Å². The molecule has 1 aromatic heterocycles. The van der Waals surface area contributed by atoms with E-state index in [1.54, 1.807) is 10.4 Å². The number of sulfonamides is 1. The number of hydrogen-bond donors (Lipinski definition) is 1. The van der Waals surface area contributed by atoms with E-state index < -0.39 is 10.0 Å². The fraction of sp³-hybridized carbons (Fsp3) is 0.733. The molecule has 0 amide bonds. The molecule has 0 unspecified atom stereocenters. The van der Waals surface area contributed by atoms with Crippen LogP contribution in [-0.2, 0) is 16.6 Å². The van der Waals surface area contributed by atoms with E-state index in [0.717, 1.165) is 17.8 Å². The molecule has 1 fully saturated rings. The average molecular weight is 331 g/mol. The van der Waals surface area contributed by atoms with Gasteiger partial charge in [-0.1, -0.05) is 20.8 Å². The van der Waals surface area contributed by atoms with Crippen molar-refractivity contribution in [1.29, 1.82) is 0 Å². The first-order valence-corrected chi connectivity index (χ1v) is 10.0. The van der Waals surface area contributed by atoms with Gasteiger partial charge in [-0.2, -0.15) is 4.31 Å². The van der Waals surface area contributed by atoms with E-state index in [1.165, 1.54) is 24.2 Å². The van der Waals surface area contributed by atoms with Crippen LogP contribution in [0.15, 0.2) is 16.3 Å². The highest BCUT2D eigenvalue weighted by atomic mass is 32.2. The first kappa shape index (κ1) is 16.9. The summed E-state index contributed by atoms with van der Waals surface area (Å²) in [5.41, 5.74) is 0. The molecule has 4 nitrogen and oxygen atoms in total. The van der Waals surface area contributed by atoms with Crippen LogP contribution in [0.25, 0.3) is 0 Å². The molecule has 1 aliphatic carbocycles. The Labute approximate surface area is 132 Å². The summed E-state index contributed by atoms with van der Waals surface area (Å²) < 4.78 is 27.7. The lowest BCUT2D eigenvalue weighted by Crippen LogP contribution is -2.33. The number of nitrogens with zero attached hydrogens (tertiary/aromatic N) is 1. The minimum Gasteiger partial charge on any atom is -0.310 e.